The molecule has 114 valence electrons. The smallest absolute Gasteiger partial charge is 0.335 e. The number of hydrogen-bond donors (Lipinski definition) is 2. The predicted molar refractivity (Wildman–Crippen MR) is 80.6 cm³/mol. The van der Waals surface area contributed by atoms with Crippen LogP contribution in [0.1, 0.15) is 27.0 Å². The molecule has 0 fully saturated rings. The topological polar surface area (TPSA) is 92.2 Å². The van der Waals surface area contributed by atoms with E-state index in [-0.39, 0.29) is 17.9 Å². The minimum Gasteiger partial charge on any atom is -0.478 e. The highest BCUT2D eigenvalue weighted by Gasteiger charge is 2.09. The lowest BCUT2D eigenvalue weighted by molar-refractivity contribution is -0.120. The molecule has 2 N–H and O–H groups in total. The summed E-state index contributed by atoms with van der Waals surface area (Å²) in [4.78, 5) is 30.6. The normalized spacial score (nSPS) is 10.2. The summed E-state index contributed by atoms with van der Waals surface area (Å²) in [5.41, 5.74) is 2.81. The Morgan fingerprint density at radius 1 is 1.23 bits per heavy atom. The number of carboxylic acid groups (broad SMARTS) is 1. The van der Waals surface area contributed by atoms with Crippen LogP contribution < -0.4 is 5.32 Å². The first-order valence-electron chi connectivity index (χ1n) is 6.89. The maximum Gasteiger partial charge on any atom is 0.335 e. The van der Waals surface area contributed by atoms with Crippen molar-refractivity contribution in [3.05, 3.63) is 59.2 Å². The molecule has 1 aromatic carbocycles. The summed E-state index contributed by atoms with van der Waals surface area (Å²) in [6.07, 6.45) is 5.80. The van der Waals surface area contributed by atoms with E-state index in [0.717, 1.165) is 16.7 Å². The van der Waals surface area contributed by atoms with Crippen LogP contribution in [0.4, 0.5) is 0 Å². The van der Waals surface area contributed by atoms with Crippen LogP contribution in [0.25, 0.3) is 0 Å². The maximum absolute atomic E-state index is 11.9. The Morgan fingerprint density at radius 3 is 2.59 bits per heavy atom. The number of amides is 1. The van der Waals surface area contributed by atoms with Crippen LogP contribution in [0.5, 0.6) is 0 Å². The average molecular weight is 299 g/mol. The molecule has 0 aliphatic heterocycles. The zero-order chi connectivity index (χ0) is 15.9. The number of benzene rings is 1. The van der Waals surface area contributed by atoms with Gasteiger partial charge < -0.3 is 10.4 Å². The third-order valence-corrected chi connectivity index (χ3v) is 3.29. The molecule has 0 saturated carbocycles. The van der Waals surface area contributed by atoms with Gasteiger partial charge in [-0.05, 0) is 42.2 Å². The molecule has 0 aliphatic carbocycles. The number of hydrogen-bond acceptors (Lipinski definition) is 4. The molecule has 22 heavy (non-hydrogen) atoms. The number of nitrogens with one attached hydrogen (secondary N) is 1. The van der Waals surface area contributed by atoms with Gasteiger partial charge in [0.05, 0.1) is 12.0 Å². The molecule has 1 aromatic heterocycles. The van der Waals surface area contributed by atoms with Crippen molar-refractivity contribution >= 4 is 11.9 Å². The molecule has 0 bridgehead atoms. The number of carbonyl (C=O) groups excluding carboxylic acids is 1. The number of aryl methyl sites for hydroxylation is 1. The van der Waals surface area contributed by atoms with Gasteiger partial charge in [-0.25, -0.2) is 14.8 Å². The Hall–Kier alpha value is -2.76. The van der Waals surface area contributed by atoms with Gasteiger partial charge in [0.2, 0.25) is 5.91 Å². The van der Waals surface area contributed by atoms with Gasteiger partial charge >= 0.3 is 5.97 Å². The summed E-state index contributed by atoms with van der Waals surface area (Å²) in [5, 5.41) is 11.8. The van der Waals surface area contributed by atoms with Crippen LogP contribution in [0.2, 0.25) is 0 Å². The Bertz CT molecular complexity index is 672. The number of nitrogens with zero attached hydrogens (tertiary/aromatic N) is 2. The highest BCUT2D eigenvalue weighted by molar-refractivity contribution is 5.88. The predicted octanol–water partition coefficient (Wildman–Crippen LogP) is 1.38. The van der Waals surface area contributed by atoms with E-state index in [2.05, 4.69) is 15.3 Å². The Morgan fingerprint density at radius 2 is 1.95 bits per heavy atom. The number of aromatic nitrogens is 2. The standard InChI is InChI=1S/C16H17N3O3/c1-11-6-14(16(21)22)3-2-13(11)7-15(20)19-5-4-12-8-17-10-18-9-12/h2-3,6,8-10H,4-5,7H2,1H3,(H,19,20)(H,21,22). The quantitative estimate of drug-likeness (QED) is 0.841. The van der Waals surface area contributed by atoms with Crippen molar-refractivity contribution in [1.82, 2.24) is 15.3 Å². The lowest BCUT2D eigenvalue weighted by Crippen LogP contribution is -2.27. The lowest BCUT2D eigenvalue weighted by Gasteiger charge is -2.08. The van der Waals surface area contributed by atoms with Crippen LogP contribution >= 0.6 is 0 Å². The fourth-order valence-corrected chi connectivity index (χ4v) is 2.07. The summed E-state index contributed by atoms with van der Waals surface area (Å²) in [7, 11) is 0. The van der Waals surface area contributed by atoms with Gasteiger partial charge in [0.1, 0.15) is 6.33 Å². The second-order valence-electron chi connectivity index (χ2n) is 4.97. The highest BCUT2D eigenvalue weighted by atomic mass is 16.4. The lowest BCUT2D eigenvalue weighted by atomic mass is 10.0. The van der Waals surface area contributed by atoms with E-state index < -0.39 is 5.97 Å². The molecule has 0 atom stereocenters. The van der Waals surface area contributed by atoms with E-state index in [9.17, 15) is 9.59 Å². The number of carboxylic acids is 1. The molecule has 0 radical (unpaired) electrons. The number of aromatic carboxylic acids is 1. The zero-order valence-electron chi connectivity index (χ0n) is 12.2. The van der Waals surface area contributed by atoms with E-state index in [1.54, 1.807) is 31.5 Å². The molecule has 0 unspecified atom stereocenters. The van der Waals surface area contributed by atoms with Gasteiger partial charge in [-0.15, -0.1) is 0 Å². The first kappa shape index (κ1) is 15.6. The van der Waals surface area contributed by atoms with Crippen LogP contribution in [0.3, 0.4) is 0 Å². The monoisotopic (exact) mass is 299 g/mol. The van der Waals surface area contributed by atoms with Crippen LogP contribution in [-0.2, 0) is 17.6 Å². The first-order valence-corrected chi connectivity index (χ1v) is 6.89. The second-order valence-corrected chi connectivity index (χ2v) is 4.97. The van der Waals surface area contributed by atoms with E-state index in [0.29, 0.717) is 13.0 Å². The summed E-state index contributed by atoms with van der Waals surface area (Å²) in [6.45, 7) is 2.31. The zero-order valence-corrected chi connectivity index (χ0v) is 12.2. The molecule has 6 nitrogen and oxygen atoms in total. The Balaban J connectivity index is 1.85. The number of rotatable bonds is 6. The average Bonchev–Trinajstić information content (AvgIpc) is 2.50. The molecule has 0 spiro atoms. The van der Waals surface area contributed by atoms with Crippen LogP contribution in [-0.4, -0.2) is 33.5 Å². The molecule has 2 rings (SSSR count). The molecule has 6 heteroatoms. The van der Waals surface area contributed by atoms with Crippen molar-refractivity contribution in [2.24, 2.45) is 0 Å². The van der Waals surface area contributed by atoms with Crippen molar-refractivity contribution in [2.45, 2.75) is 19.8 Å². The summed E-state index contributed by atoms with van der Waals surface area (Å²) < 4.78 is 0. The van der Waals surface area contributed by atoms with Crippen molar-refractivity contribution < 1.29 is 14.7 Å². The van der Waals surface area contributed by atoms with Crippen molar-refractivity contribution in [1.29, 1.82) is 0 Å². The molecular formula is C16H17N3O3. The molecule has 0 saturated heterocycles. The Kier molecular flexibility index (Phi) is 5.19. The third-order valence-electron chi connectivity index (χ3n) is 3.29. The van der Waals surface area contributed by atoms with E-state index in [1.165, 1.54) is 12.4 Å². The molecule has 1 heterocycles. The van der Waals surface area contributed by atoms with E-state index in [4.69, 9.17) is 5.11 Å². The van der Waals surface area contributed by atoms with Crippen molar-refractivity contribution in [3.63, 3.8) is 0 Å². The van der Waals surface area contributed by atoms with Gasteiger partial charge in [0, 0.05) is 18.9 Å². The van der Waals surface area contributed by atoms with Crippen molar-refractivity contribution in [3.8, 4) is 0 Å². The largest absolute Gasteiger partial charge is 0.478 e. The van der Waals surface area contributed by atoms with Gasteiger partial charge in [-0.3, -0.25) is 4.79 Å². The summed E-state index contributed by atoms with van der Waals surface area (Å²) in [5.74, 6) is -1.06. The molecular weight excluding hydrogens is 282 g/mol. The fourth-order valence-electron chi connectivity index (χ4n) is 2.07. The SMILES string of the molecule is Cc1cc(C(=O)O)ccc1CC(=O)NCCc1cncnc1. The molecule has 1 amide bonds. The first-order chi connectivity index (χ1) is 10.6. The van der Waals surface area contributed by atoms with Gasteiger partial charge in [-0.1, -0.05) is 6.07 Å². The van der Waals surface area contributed by atoms with Gasteiger partial charge in [-0.2, -0.15) is 0 Å². The van der Waals surface area contributed by atoms with E-state index in [1.807, 2.05) is 0 Å². The fraction of sp³-hybridized carbons (Fsp3) is 0.250. The summed E-state index contributed by atoms with van der Waals surface area (Å²) in [6, 6.07) is 4.77. The summed E-state index contributed by atoms with van der Waals surface area (Å²) >= 11 is 0. The van der Waals surface area contributed by atoms with Gasteiger partial charge in [0.15, 0.2) is 0 Å². The highest BCUT2D eigenvalue weighted by Crippen LogP contribution is 2.12. The molecule has 2 aromatic rings. The third kappa shape index (κ3) is 4.37. The van der Waals surface area contributed by atoms with Gasteiger partial charge in [0.25, 0.3) is 0 Å². The second kappa shape index (κ2) is 7.31. The van der Waals surface area contributed by atoms with Crippen LogP contribution in [0, 0.1) is 6.92 Å². The molecule has 0 aliphatic rings. The van der Waals surface area contributed by atoms with E-state index >= 15 is 0 Å². The van der Waals surface area contributed by atoms with Crippen molar-refractivity contribution in [2.75, 3.05) is 6.54 Å². The van der Waals surface area contributed by atoms with Crippen LogP contribution in [0.15, 0.2) is 36.9 Å². The Labute approximate surface area is 128 Å². The minimum atomic E-state index is -0.968. The number of carbonyl (C=O) groups is 2. The maximum atomic E-state index is 11.9. The minimum absolute atomic E-state index is 0.0944.